The molecule has 6 nitrogen and oxygen atoms in total. The normalized spacial score (nSPS) is 21.3. The lowest BCUT2D eigenvalue weighted by Crippen LogP contribution is -2.47. The second kappa shape index (κ2) is 8.74. The maximum Gasteiger partial charge on any atom is 0.191 e. The third-order valence-electron chi connectivity index (χ3n) is 5.00. The maximum atomic E-state index is 5.41. The minimum atomic E-state index is 0.496. The van der Waals surface area contributed by atoms with Crippen LogP contribution < -0.4 is 10.6 Å². The molecular formula is C19H29N5O. The smallest absolute Gasteiger partial charge is 0.191 e. The summed E-state index contributed by atoms with van der Waals surface area (Å²) in [6.45, 7) is 3.75. The topological polar surface area (TPSA) is 67.4 Å². The first-order chi connectivity index (χ1) is 12.2. The van der Waals surface area contributed by atoms with E-state index in [1.807, 2.05) is 36.1 Å². The van der Waals surface area contributed by atoms with E-state index < -0.39 is 0 Å². The highest BCUT2D eigenvalue weighted by Crippen LogP contribution is 2.23. The number of rotatable bonds is 6. The van der Waals surface area contributed by atoms with Gasteiger partial charge in [0.05, 0.1) is 18.5 Å². The van der Waals surface area contributed by atoms with Crippen molar-refractivity contribution >= 4 is 5.96 Å². The number of nitrogens with zero attached hydrogens (tertiary/aromatic N) is 3. The Labute approximate surface area is 149 Å². The standard InChI is InChI=1S/C19H29N5O/c1-15-6-3-4-8-18(15)23-19(20-11-10-17-7-5-13-25-17)21-14-16-9-12-22-24(16)2/h5,7,9,12-13,15,18H,3-4,6,8,10-11,14H2,1-2H3,(H2,20,21,23). The van der Waals surface area contributed by atoms with Crippen LogP contribution in [0, 0.1) is 5.92 Å². The van der Waals surface area contributed by atoms with Gasteiger partial charge in [0.1, 0.15) is 5.76 Å². The van der Waals surface area contributed by atoms with E-state index >= 15 is 0 Å². The van der Waals surface area contributed by atoms with Crippen molar-refractivity contribution in [2.75, 3.05) is 6.54 Å². The number of guanidine groups is 1. The van der Waals surface area contributed by atoms with E-state index in [9.17, 15) is 0 Å². The molecule has 6 heteroatoms. The Hall–Kier alpha value is -2.24. The Morgan fingerprint density at radius 2 is 2.24 bits per heavy atom. The summed E-state index contributed by atoms with van der Waals surface area (Å²) in [7, 11) is 1.95. The molecule has 1 fully saturated rings. The van der Waals surface area contributed by atoms with E-state index in [0.29, 0.717) is 18.5 Å². The zero-order valence-corrected chi connectivity index (χ0v) is 15.2. The molecule has 25 heavy (non-hydrogen) atoms. The molecular weight excluding hydrogens is 314 g/mol. The fraction of sp³-hybridized carbons (Fsp3) is 0.579. The second-order valence-electron chi connectivity index (χ2n) is 6.88. The molecule has 0 radical (unpaired) electrons. The van der Waals surface area contributed by atoms with Crippen molar-refractivity contribution < 1.29 is 4.42 Å². The zero-order valence-electron chi connectivity index (χ0n) is 15.2. The average Bonchev–Trinajstić information content (AvgIpc) is 3.26. The molecule has 3 rings (SSSR count). The van der Waals surface area contributed by atoms with Crippen LogP contribution in [0.4, 0.5) is 0 Å². The van der Waals surface area contributed by atoms with Gasteiger partial charge in [-0.1, -0.05) is 19.8 Å². The molecule has 0 saturated heterocycles. The molecule has 2 unspecified atom stereocenters. The minimum absolute atomic E-state index is 0.496. The van der Waals surface area contributed by atoms with Gasteiger partial charge in [0.2, 0.25) is 0 Å². The highest BCUT2D eigenvalue weighted by molar-refractivity contribution is 5.80. The van der Waals surface area contributed by atoms with Gasteiger partial charge in [-0.25, -0.2) is 4.99 Å². The van der Waals surface area contributed by atoms with Gasteiger partial charge in [-0.3, -0.25) is 4.68 Å². The lowest BCUT2D eigenvalue weighted by atomic mass is 9.86. The van der Waals surface area contributed by atoms with Crippen molar-refractivity contribution in [2.45, 2.75) is 51.6 Å². The Morgan fingerprint density at radius 3 is 2.96 bits per heavy atom. The van der Waals surface area contributed by atoms with Gasteiger partial charge < -0.3 is 15.1 Å². The first kappa shape index (κ1) is 17.6. The Balaban J connectivity index is 1.60. The predicted octanol–water partition coefficient (Wildman–Crippen LogP) is 2.87. The van der Waals surface area contributed by atoms with E-state index in [1.54, 1.807) is 6.26 Å². The minimum Gasteiger partial charge on any atom is -0.469 e. The van der Waals surface area contributed by atoms with Crippen molar-refractivity contribution in [3.8, 4) is 0 Å². The van der Waals surface area contributed by atoms with Crippen LogP contribution in [0.25, 0.3) is 0 Å². The highest BCUT2D eigenvalue weighted by Gasteiger charge is 2.22. The molecule has 2 aromatic heterocycles. The molecule has 0 spiro atoms. The molecule has 0 aromatic carbocycles. The van der Waals surface area contributed by atoms with Crippen LogP contribution in [0.5, 0.6) is 0 Å². The zero-order chi connectivity index (χ0) is 17.5. The highest BCUT2D eigenvalue weighted by atomic mass is 16.3. The molecule has 0 aliphatic heterocycles. The van der Waals surface area contributed by atoms with Crippen LogP contribution in [0.3, 0.4) is 0 Å². The summed E-state index contributed by atoms with van der Waals surface area (Å²) in [5.74, 6) is 2.55. The molecule has 0 amide bonds. The monoisotopic (exact) mass is 343 g/mol. The van der Waals surface area contributed by atoms with Crippen molar-refractivity contribution in [3.63, 3.8) is 0 Å². The third kappa shape index (κ3) is 5.11. The second-order valence-corrected chi connectivity index (χ2v) is 6.88. The number of aryl methyl sites for hydroxylation is 1. The Bertz CT molecular complexity index is 661. The van der Waals surface area contributed by atoms with E-state index in [-0.39, 0.29) is 0 Å². The summed E-state index contributed by atoms with van der Waals surface area (Å²) in [5, 5.41) is 11.3. The lowest BCUT2D eigenvalue weighted by molar-refractivity contribution is 0.306. The van der Waals surface area contributed by atoms with Gasteiger partial charge in [0.15, 0.2) is 5.96 Å². The molecule has 2 atom stereocenters. The number of hydrogen-bond acceptors (Lipinski definition) is 3. The fourth-order valence-corrected chi connectivity index (χ4v) is 3.33. The molecule has 2 aromatic rings. The van der Waals surface area contributed by atoms with E-state index in [0.717, 1.165) is 30.4 Å². The molecule has 1 aliphatic carbocycles. The van der Waals surface area contributed by atoms with Gasteiger partial charge in [-0.15, -0.1) is 0 Å². The Morgan fingerprint density at radius 1 is 1.36 bits per heavy atom. The van der Waals surface area contributed by atoms with Crippen LogP contribution in [0.15, 0.2) is 40.1 Å². The first-order valence-electron chi connectivity index (χ1n) is 9.26. The third-order valence-corrected chi connectivity index (χ3v) is 5.00. The summed E-state index contributed by atoms with van der Waals surface area (Å²) in [6, 6.07) is 6.43. The Kier molecular flexibility index (Phi) is 6.14. The molecule has 136 valence electrons. The summed E-state index contributed by atoms with van der Waals surface area (Å²) in [4.78, 5) is 4.78. The largest absolute Gasteiger partial charge is 0.469 e. The number of nitrogens with one attached hydrogen (secondary N) is 2. The number of aromatic nitrogens is 2. The van der Waals surface area contributed by atoms with Crippen LogP contribution in [0.2, 0.25) is 0 Å². The van der Waals surface area contributed by atoms with Crippen molar-refractivity contribution in [2.24, 2.45) is 18.0 Å². The lowest BCUT2D eigenvalue weighted by Gasteiger charge is -2.31. The van der Waals surface area contributed by atoms with Crippen LogP contribution in [0.1, 0.15) is 44.1 Å². The van der Waals surface area contributed by atoms with Crippen LogP contribution >= 0.6 is 0 Å². The molecule has 1 saturated carbocycles. The molecule has 1 aliphatic rings. The molecule has 0 bridgehead atoms. The van der Waals surface area contributed by atoms with Gasteiger partial charge >= 0.3 is 0 Å². The average molecular weight is 343 g/mol. The van der Waals surface area contributed by atoms with E-state index in [4.69, 9.17) is 9.41 Å². The quantitative estimate of drug-likeness (QED) is 0.625. The van der Waals surface area contributed by atoms with Gasteiger partial charge in [-0.05, 0) is 37.0 Å². The molecule has 2 N–H and O–H groups in total. The fourth-order valence-electron chi connectivity index (χ4n) is 3.33. The first-order valence-corrected chi connectivity index (χ1v) is 9.26. The van der Waals surface area contributed by atoms with E-state index in [2.05, 4.69) is 22.7 Å². The van der Waals surface area contributed by atoms with Crippen molar-refractivity contribution in [1.82, 2.24) is 20.4 Å². The summed E-state index contributed by atoms with van der Waals surface area (Å²) in [5.41, 5.74) is 1.10. The number of hydrogen-bond donors (Lipinski definition) is 2. The van der Waals surface area contributed by atoms with Crippen molar-refractivity contribution in [3.05, 3.63) is 42.1 Å². The SMILES string of the molecule is CC1CCCCC1NC(=NCc1ccnn1C)NCCc1ccco1. The van der Waals surface area contributed by atoms with E-state index in [1.165, 1.54) is 25.7 Å². The maximum absolute atomic E-state index is 5.41. The molecule has 2 heterocycles. The predicted molar refractivity (Wildman–Crippen MR) is 99.3 cm³/mol. The van der Waals surface area contributed by atoms with Gasteiger partial charge in [0.25, 0.3) is 0 Å². The summed E-state index contributed by atoms with van der Waals surface area (Å²) < 4.78 is 7.27. The number of aliphatic imine (C=N–C) groups is 1. The summed E-state index contributed by atoms with van der Waals surface area (Å²) >= 11 is 0. The van der Waals surface area contributed by atoms with Crippen molar-refractivity contribution in [1.29, 1.82) is 0 Å². The summed E-state index contributed by atoms with van der Waals surface area (Å²) in [6.07, 6.45) is 9.51. The van der Waals surface area contributed by atoms with Gasteiger partial charge in [0, 0.05) is 32.3 Å². The number of furan rings is 1. The van der Waals surface area contributed by atoms with Crippen LogP contribution in [-0.2, 0) is 20.0 Å². The van der Waals surface area contributed by atoms with Gasteiger partial charge in [-0.2, -0.15) is 5.10 Å². The van der Waals surface area contributed by atoms with Crippen LogP contribution in [-0.4, -0.2) is 28.3 Å².